The number of benzene rings is 1. The van der Waals surface area contributed by atoms with Crippen molar-refractivity contribution in [2.75, 3.05) is 6.54 Å². The van der Waals surface area contributed by atoms with Gasteiger partial charge in [0.1, 0.15) is 5.84 Å². The molecule has 116 valence electrons. The van der Waals surface area contributed by atoms with Crippen molar-refractivity contribution in [3.05, 3.63) is 46.8 Å². The van der Waals surface area contributed by atoms with E-state index in [1.807, 2.05) is 30.3 Å². The molecule has 0 bridgehead atoms. The summed E-state index contributed by atoms with van der Waals surface area (Å²) in [5, 5.41) is 19.5. The van der Waals surface area contributed by atoms with Crippen molar-refractivity contribution in [2.24, 2.45) is 4.99 Å². The number of carboxylic acids is 1. The molecule has 22 heavy (non-hydrogen) atoms. The quantitative estimate of drug-likeness (QED) is 0.740. The molecule has 3 N–H and O–H groups in total. The van der Waals surface area contributed by atoms with Crippen LogP contribution < -0.4 is 5.56 Å². The predicted molar refractivity (Wildman–Crippen MR) is 82.2 cm³/mol. The van der Waals surface area contributed by atoms with E-state index < -0.39 is 12.0 Å². The van der Waals surface area contributed by atoms with Crippen LogP contribution >= 0.6 is 0 Å². The van der Waals surface area contributed by atoms with E-state index in [1.54, 1.807) is 6.92 Å². The molecule has 1 aliphatic heterocycles. The Balaban J connectivity index is 0.000000160. The minimum atomic E-state index is -0.933. The SMILES string of the molecule is CC1=NC(C(=O)O)CCN1O.O=c1ccc2ccccc2[nH]1. The number of nitrogens with one attached hydrogen (secondary N) is 1. The van der Waals surface area contributed by atoms with Crippen LogP contribution in [0.15, 0.2) is 46.2 Å². The van der Waals surface area contributed by atoms with Crippen molar-refractivity contribution >= 4 is 22.7 Å². The molecule has 1 aliphatic rings. The number of aromatic amines is 1. The number of hydroxylamine groups is 2. The number of aliphatic imine (C=N–C) groups is 1. The molecule has 1 aromatic heterocycles. The monoisotopic (exact) mass is 303 g/mol. The first kappa shape index (κ1) is 15.7. The van der Waals surface area contributed by atoms with Crippen molar-refractivity contribution in [1.82, 2.24) is 10.0 Å². The number of H-pyrrole nitrogens is 1. The lowest BCUT2D eigenvalue weighted by atomic mass is 10.2. The zero-order valence-corrected chi connectivity index (χ0v) is 12.1. The smallest absolute Gasteiger partial charge is 0.328 e. The van der Waals surface area contributed by atoms with Gasteiger partial charge in [0.25, 0.3) is 0 Å². The van der Waals surface area contributed by atoms with Crippen LogP contribution in [-0.2, 0) is 4.79 Å². The maximum absolute atomic E-state index is 10.8. The molecule has 0 fully saturated rings. The van der Waals surface area contributed by atoms with Crippen LogP contribution in [0.3, 0.4) is 0 Å². The number of nitrogens with zero attached hydrogens (tertiary/aromatic N) is 2. The molecule has 0 saturated heterocycles. The third kappa shape index (κ3) is 3.92. The summed E-state index contributed by atoms with van der Waals surface area (Å²) in [5.41, 5.74) is 0.837. The van der Waals surface area contributed by atoms with E-state index in [2.05, 4.69) is 9.98 Å². The number of aliphatic carboxylic acids is 1. The van der Waals surface area contributed by atoms with E-state index in [9.17, 15) is 9.59 Å². The Hall–Kier alpha value is -2.67. The Morgan fingerprint density at radius 2 is 2.05 bits per heavy atom. The summed E-state index contributed by atoms with van der Waals surface area (Å²) in [5.74, 6) is -0.568. The van der Waals surface area contributed by atoms with E-state index in [0.717, 1.165) is 16.0 Å². The fourth-order valence-corrected chi connectivity index (χ4v) is 2.04. The largest absolute Gasteiger partial charge is 0.480 e. The topological polar surface area (TPSA) is 106 Å². The van der Waals surface area contributed by atoms with Gasteiger partial charge in [-0.15, -0.1) is 0 Å². The summed E-state index contributed by atoms with van der Waals surface area (Å²) in [4.78, 5) is 27.7. The summed E-state index contributed by atoms with van der Waals surface area (Å²) in [6.45, 7) is 1.92. The summed E-state index contributed by atoms with van der Waals surface area (Å²) < 4.78 is 0. The fourth-order valence-electron chi connectivity index (χ4n) is 2.04. The molecule has 7 heteroatoms. The second-order valence-corrected chi connectivity index (χ2v) is 4.85. The number of pyridine rings is 1. The number of rotatable bonds is 1. The highest BCUT2D eigenvalue weighted by Crippen LogP contribution is 2.08. The van der Waals surface area contributed by atoms with Crippen molar-refractivity contribution in [3.8, 4) is 0 Å². The molecule has 0 saturated carbocycles. The molecule has 1 atom stereocenters. The van der Waals surface area contributed by atoms with E-state index >= 15 is 0 Å². The van der Waals surface area contributed by atoms with Gasteiger partial charge in [-0.3, -0.25) is 15.0 Å². The molecular weight excluding hydrogens is 286 g/mol. The van der Waals surface area contributed by atoms with Gasteiger partial charge in [0.05, 0.1) is 0 Å². The molecule has 2 aromatic rings. The summed E-state index contributed by atoms with van der Waals surface area (Å²) in [7, 11) is 0. The standard InChI is InChI=1S/C9H7NO.C6H10N2O3/c11-9-6-5-7-3-1-2-4-8(7)10-9;1-4-7-5(6(9)10)2-3-8(4)11/h1-6H,(H,10,11);5,11H,2-3H2,1H3,(H,9,10). The minimum Gasteiger partial charge on any atom is -0.480 e. The summed E-state index contributed by atoms with van der Waals surface area (Å²) in [6, 6.07) is 10.4. The van der Waals surface area contributed by atoms with Gasteiger partial charge in [-0.1, -0.05) is 18.2 Å². The van der Waals surface area contributed by atoms with Gasteiger partial charge >= 0.3 is 5.97 Å². The number of para-hydroxylation sites is 1. The van der Waals surface area contributed by atoms with Crippen LogP contribution in [0.1, 0.15) is 13.3 Å². The van der Waals surface area contributed by atoms with E-state index in [0.29, 0.717) is 18.8 Å². The van der Waals surface area contributed by atoms with Crippen LogP contribution in [0.4, 0.5) is 0 Å². The number of aromatic nitrogens is 1. The summed E-state index contributed by atoms with van der Waals surface area (Å²) >= 11 is 0. The highest BCUT2D eigenvalue weighted by atomic mass is 16.5. The average Bonchev–Trinajstić information content (AvgIpc) is 2.50. The van der Waals surface area contributed by atoms with Gasteiger partial charge in [0.15, 0.2) is 6.04 Å². The average molecular weight is 303 g/mol. The normalized spacial score (nSPS) is 17.5. The number of fused-ring (bicyclic) bond motifs is 1. The molecule has 2 heterocycles. The van der Waals surface area contributed by atoms with Gasteiger partial charge in [0.2, 0.25) is 5.56 Å². The van der Waals surface area contributed by atoms with Crippen LogP contribution in [0.2, 0.25) is 0 Å². The highest BCUT2D eigenvalue weighted by molar-refractivity contribution is 5.84. The first-order valence-corrected chi connectivity index (χ1v) is 6.79. The van der Waals surface area contributed by atoms with Crippen molar-refractivity contribution < 1.29 is 15.1 Å². The molecular formula is C15H17N3O4. The third-order valence-corrected chi connectivity index (χ3v) is 3.25. The Morgan fingerprint density at radius 1 is 1.32 bits per heavy atom. The molecule has 0 spiro atoms. The molecule has 0 radical (unpaired) electrons. The molecule has 7 nitrogen and oxygen atoms in total. The Bertz CT molecular complexity index is 754. The molecule has 3 rings (SSSR count). The second-order valence-electron chi connectivity index (χ2n) is 4.85. The number of carbonyl (C=O) groups is 1. The Morgan fingerprint density at radius 3 is 2.73 bits per heavy atom. The van der Waals surface area contributed by atoms with E-state index in [-0.39, 0.29) is 5.56 Å². The first-order valence-electron chi connectivity index (χ1n) is 6.79. The van der Waals surface area contributed by atoms with E-state index in [1.165, 1.54) is 6.07 Å². The second kappa shape index (κ2) is 6.86. The van der Waals surface area contributed by atoms with E-state index in [4.69, 9.17) is 10.3 Å². The van der Waals surface area contributed by atoms with Crippen molar-refractivity contribution in [2.45, 2.75) is 19.4 Å². The Kier molecular flexibility index (Phi) is 4.90. The summed E-state index contributed by atoms with van der Waals surface area (Å²) in [6.07, 6.45) is 0.364. The van der Waals surface area contributed by atoms with Gasteiger partial charge in [-0.2, -0.15) is 0 Å². The highest BCUT2D eigenvalue weighted by Gasteiger charge is 2.22. The number of carboxylic acid groups (broad SMARTS) is 1. The zero-order valence-electron chi connectivity index (χ0n) is 12.1. The minimum absolute atomic E-state index is 0.0521. The van der Waals surface area contributed by atoms with Gasteiger partial charge in [0, 0.05) is 24.5 Å². The van der Waals surface area contributed by atoms with Crippen LogP contribution in [0.5, 0.6) is 0 Å². The van der Waals surface area contributed by atoms with Crippen LogP contribution in [-0.4, -0.2) is 44.8 Å². The van der Waals surface area contributed by atoms with Gasteiger partial charge < -0.3 is 10.1 Å². The number of hydrogen-bond acceptors (Lipinski definition) is 5. The Labute approximate surface area is 126 Å². The molecule has 1 unspecified atom stereocenters. The number of amidine groups is 1. The van der Waals surface area contributed by atoms with Crippen molar-refractivity contribution in [3.63, 3.8) is 0 Å². The molecule has 0 aliphatic carbocycles. The predicted octanol–water partition coefficient (Wildman–Crippen LogP) is 1.48. The van der Waals surface area contributed by atoms with Crippen LogP contribution in [0.25, 0.3) is 10.9 Å². The first-order chi connectivity index (χ1) is 10.5. The zero-order chi connectivity index (χ0) is 16.1. The van der Waals surface area contributed by atoms with Gasteiger partial charge in [-0.05, 0) is 24.4 Å². The fraction of sp³-hybridized carbons (Fsp3) is 0.267. The lowest BCUT2D eigenvalue weighted by Crippen LogP contribution is -2.37. The maximum Gasteiger partial charge on any atom is 0.328 e. The molecule has 0 amide bonds. The van der Waals surface area contributed by atoms with Crippen molar-refractivity contribution in [1.29, 1.82) is 0 Å². The third-order valence-electron chi connectivity index (χ3n) is 3.25. The lowest BCUT2D eigenvalue weighted by Gasteiger charge is -2.23. The maximum atomic E-state index is 10.8. The van der Waals surface area contributed by atoms with Gasteiger partial charge in [-0.25, -0.2) is 9.86 Å². The molecule has 1 aromatic carbocycles. The lowest BCUT2D eigenvalue weighted by molar-refractivity contribution is -0.139. The number of hydrogen-bond donors (Lipinski definition) is 3. The van der Waals surface area contributed by atoms with Crippen LogP contribution in [0, 0.1) is 0 Å².